The smallest absolute Gasteiger partial charge is 0.237 e. The third kappa shape index (κ3) is 5.30. The molecule has 1 atom stereocenters. The van der Waals surface area contributed by atoms with Gasteiger partial charge < -0.3 is 15.1 Å². The topological polar surface area (TPSA) is 55.9 Å². The molecular formula is C21H32N4O2. The standard InChI is InChI=1S/C21H32N4O2/c1-17-7-3-4-8-18(17)16-25-12-9-22-21(27)19(25)15-20(26)23(2)13-14-24-10-5-6-11-24/h3-4,7-8,19H,5-6,9-16H2,1-2H3,(H,22,27). The number of hydrogen-bond acceptors (Lipinski definition) is 4. The predicted octanol–water partition coefficient (Wildman–Crippen LogP) is 1.24. The zero-order valence-electron chi connectivity index (χ0n) is 16.6. The Kier molecular flexibility index (Phi) is 6.85. The molecule has 2 aliphatic heterocycles. The molecule has 1 N–H and O–H groups in total. The molecule has 0 aliphatic carbocycles. The van der Waals surface area contributed by atoms with Crippen LogP contribution in [0, 0.1) is 6.92 Å². The molecule has 1 aromatic rings. The highest BCUT2D eigenvalue weighted by atomic mass is 16.2. The maximum atomic E-state index is 12.7. The van der Waals surface area contributed by atoms with Crippen LogP contribution in [0.2, 0.25) is 0 Å². The zero-order valence-corrected chi connectivity index (χ0v) is 16.6. The van der Waals surface area contributed by atoms with Gasteiger partial charge in [-0.1, -0.05) is 24.3 Å². The summed E-state index contributed by atoms with van der Waals surface area (Å²) in [6.45, 7) is 8.13. The minimum absolute atomic E-state index is 0.0314. The number of nitrogens with one attached hydrogen (secondary N) is 1. The molecule has 0 saturated carbocycles. The number of carbonyl (C=O) groups is 2. The lowest BCUT2D eigenvalue weighted by Gasteiger charge is -2.35. The van der Waals surface area contributed by atoms with Crippen LogP contribution in [0.1, 0.15) is 30.4 Å². The fraction of sp³-hybridized carbons (Fsp3) is 0.619. The molecule has 1 unspecified atom stereocenters. The van der Waals surface area contributed by atoms with E-state index in [0.717, 1.165) is 32.7 Å². The highest BCUT2D eigenvalue weighted by molar-refractivity contribution is 5.88. The number of likely N-dealkylation sites (tertiary alicyclic amines) is 1. The van der Waals surface area contributed by atoms with Gasteiger partial charge in [0.25, 0.3) is 0 Å². The van der Waals surface area contributed by atoms with Crippen LogP contribution >= 0.6 is 0 Å². The molecule has 0 spiro atoms. The molecule has 3 rings (SSSR count). The lowest BCUT2D eigenvalue weighted by Crippen LogP contribution is -2.56. The van der Waals surface area contributed by atoms with Crippen LogP contribution in [-0.4, -0.2) is 78.9 Å². The van der Waals surface area contributed by atoms with Crippen molar-refractivity contribution in [3.63, 3.8) is 0 Å². The molecule has 1 aromatic carbocycles. The molecule has 2 amide bonds. The largest absolute Gasteiger partial charge is 0.353 e. The highest BCUT2D eigenvalue weighted by Gasteiger charge is 2.32. The predicted molar refractivity (Wildman–Crippen MR) is 106 cm³/mol. The van der Waals surface area contributed by atoms with E-state index in [9.17, 15) is 9.59 Å². The summed E-state index contributed by atoms with van der Waals surface area (Å²) >= 11 is 0. The Morgan fingerprint density at radius 1 is 1.22 bits per heavy atom. The van der Waals surface area contributed by atoms with E-state index >= 15 is 0 Å². The van der Waals surface area contributed by atoms with Gasteiger partial charge in [-0.3, -0.25) is 14.5 Å². The second kappa shape index (κ2) is 9.33. The Hall–Kier alpha value is -1.92. The highest BCUT2D eigenvalue weighted by Crippen LogP contribution is 2.17. The molecule has 2 aliphatic rings. The van der Waals surface area contributed by atoms with Crippen molar-refractivity contribution >= 4 is 11.8 Å². The van der Waals surface area contributed by atoms with E-state index < -0.39 is 0 Å². The summed E-state index contributed by atoms with van der Waals surface area (Å²) in [4.78, 5) is 31.5. The Morgan fingerprint density at radius 2 is 1.96 bits per heavy atom. The SMILES string of the molecule is Cc1ccccc1CN1CCNC(=O)C1CC(=O)N(C)CCN1CCCC1. The number of nitrogens with zero attached hydrogens (tertiary/aromatic N) is 3. The van der Waals surface area contributed by atoms with Crippen molar-refractivity contribution in [3.05, 3.63) is 35.4 Å². The second-order valence-electron chi connectivity index (χ2n) is 7.77. The van der Waals surface area contributed by atoms with E-state index in [4.69, 9.17) is 0 Å². The molecule has 2 heterocycles. The van der Waals surface area contributed by atoms with Crippen molar-refractivity contribution in [2.45, 2.75) is 38.8 Å². The maximum absolute atomic E-state index is 12.7. The Bertz CT molecular complexity index is 657. The van der Waals surface area contributed by atoms with E-state index in [1.807, 2.05) is 19.2 Å². The molecule has 0 aromatic heterocycles. The molecule has 2 fully saturated rings. The monoisotopic (exact) mass is 372 g/mol. The number of aryl methyl sites for hydroxylation is 1. The number of piperazine rings is 1. The fourth-order valence-corrected chi connectivity index (χ4v) is 3.92. The van der Waals surface area contributed by atoms with Gasteiger partial charge in [0.05, 0.1) is 12.5 Å². The first-order valence-corrected chi connectivity index (χ1v) is 10.1. The third-order valence-corrected chi connectivity index (χ3v) is 5.82. The van der Waals surface area contributed by atoms with Gasteiger partial charge >= 0.3 is 0 Å². The van der Waals surface area contributed by atoms with Gasteiger partial charge in [-0.15, -0.1) is 0 Å². The van der Waals surface area contributed by atoms with Gasteiger partial charge in [0.2, 0.25) is 11.8 Å². The lowest BCUT2D eigenvalue weighted by molar-refractivity contribution is -0.138. The quantitative estimate of drug-likeness (QED) is 0.782. The van der Waals surface area contributed by atoms with Crippen LogP contribution in [0.5, 0.6) is 0 Å². The van der Waals surface area contributed by atoms with Gasteiger partial charge in [0.1, 0.15) is 0 Å². The number of rotatable bonds is 7. The Balaban J connectivity index is 1.58. The number of amides is 2. The molecule has 6 heteroatoms. The third-order valence-electron chi connectivity index (χ3n) is 5.82. The van der Waals surface area contributed by atoms with Gasteiger partial charge in [0, 0.05) is 39.8 Å². The van der Waals surface area contributed by atoms with Crippen LogP contribution in [0.25, 0.3) is 0 Å². The summed E-state index contributed by atoms with van der Waals surface area (Å²) in [5.41, 5.74) is 2.43. The molecule has 2 saturated heterocycles. The van der Waals surface area contributed by atoms with Crippen LogP contribution in [-0.2, 0) is 16.1 Å². The van der Waals surface area contributed by atoms with Crippen LogP contribution < -0.4 is 5.32 Å². The van der Waals surface area contributed by atoms with E-state index in [2.05, 4.69) is 34.2 Å². The van der Waals surface area contributed by atoms with Crippen LogP contribution in [0.4, 0.5) is 0 Å². The van der Waals surface area contributed by atoms with Crippen LogP contribution in [0.15, 0.2) is 24.3 Å². The summed E-state index contributed by atoms with van der Waals surface area (Å²) in [6, 6.07) is 7.85. The summed E-state index contributed by atoms with van der Waals surface area (Å²) in [7, 11) is 1.85. The lowest BCUT2D eigenvalue weighted by atomic mass is 10.0. The maximum Gasteiger partial charge on any atom is 0.237 e. The Morgan fingerprint density at radius 3 is 2.70 bits per heavy atom. The normalized spacial score (nSPS) is 21.3. The molecule has 27 heavy (non-hydrogen) atoms. The summed E-state index contributed by atoms with van der Waals surface area (Å²) in [5.74, 6) is 0.0159. The average Bonchev–Trinajstić information content (AvgIpc) is 3.18. The number of likely N-dealkylation sites (N-methyl/N-ethyl adjacent to an activating group) is 1. The van der Waals surface area contributed by atoms with Gasteiger partial charge in [-0.25, -0.2) is 0 Å². The van der Waals surface area contributed by atoms with E-state index in [1.165, 1.54) is 24.0 Å². The van der Waals surface area contributed by atoms with Gasteiger partial charge in [-0.2, -0.15) is 0 Å². The van der Waals surface area contributed by atoms with Crippen LogP contribution in [0.3, 0.4) is 0 Å². The van der Waals surface area contributed by atoms with Crippen molar-refractivity contribution in [1.29, 1.82) is 0 Å². The van der Waals surface area contributed by atoms with Crippen molar-refractivity contribution in [2.24, 2.45) is 0 Å². The van der Waals surface area contributed by atoms with E-state index in [0.29, 0.717) is 13.1 Å². The first-order valence-electron chi connectivity index (χ1n) is 10.1. The first-order chi connectivity index (χ1) is 13.0. The van der Waals surface area contributed by atoms with Gasteiger partial charge in [-0.05, 0) is 44.0 Å². The number of benzene rings is 1. The van der Waals surface area contributed by atoms with E-state index in [1.54, 1.807) is 4.90 Å². The molecule has 0 bridgehead atoms. The van der Waals surface area contributed by atoms with Crippen molar-refractivity contribution in [2.75, 3.05) is 46.3 Å². The fourth-order valence-electron chi connectivity index (χ4n) is 3.92. The van der Waals surface area contributed by atoms with Crippen molar-refractivity contribution in [1.82, 2.24) is 20.0 Å². The second-order valence-corrected chi connectivity index (χ2v) is 7.77. The molecule has 6 nitrogen and oxygen atoms in total. The minimum atomic E-state index is -0.389. The van der Waals surface area contributed by atoms with Crippen molar-refractivity contribution < 1.29 is 9.59 Å². The summed E-state index contributed by atoms with van der Waals surface area (Å²) < 4.78 is 0. The molecular weight excluding hydrogens is 340 g/mol. The number of carbonyl (C=O) groups excluding carboxylic acids is 2. The zero-order chi connectivity index (χ0) is 19.2. The molecule has 0 radical (unpaired) electrons. The average molecular weight is 373 g/mol. The van der Waals surface area contributed by atoms with Crippen molar-refractivity contribution in [3.8, 4) is 0 Å². The first kappa shape index (κ1) is 19.8. The van der Waals surface area contributed by atoms with E-state index in [-0.39, 0.29) is 24.3 Å². The minimum Gasteiger partial charge on any atom is -0.353 e. The summed E-state index contributed by atoms with van der Waals surface area (Å²) in [5, 5.41) is 2.92. The Labute approximate surface area is 162 Å². The van der Waals surface area contributed by atoms with Gasteiger partial charge in [0.15, 0.2) is 0 Å². The molecule has 148 valence electrons. The number of hydrogen-bond donors (Lipinski definition) is 1. The summed E-state index contributed by atoms with van der Waals surface area (Å²) in [6.07, 6.45) is 2.76.